The molecule has 0 aromatic carbocycles. The second kappa shape index (κ2) is 32.4. The van der Waals surface area contributed by atoms with Gasteiger partial charge in [0.2, 0.25) is 0 Å². The van der Waals surface area contributed by atoms with Crippen molar-refractivity contribution in [3.05, 3.63) is 5.75 Å². The van der Waals surface area contributed by atoms with Gasteiger partial charge < -0.3 is 0 Å². The Morgan fingerprint density at radius 2 is 0.606 bits per heavy atom. The molecule has 0 saturated carbocycles. The molecule has 0 spiro atoms. The number of unbranched alkanes of at least 4 members (excludes halogenated alkanes) is 26. The summed E-state index contributed by atoms with van der Waals surface area (Å²) in [5.74, 6) is 3.84. The molecule has 0 unspecified atom stereocenters. The van der Waals surface area contributed by atoms with Gasteiger partial charge in [-0.3, -0.25) is 0 Å². The smallest absolute Gasteiger partial charge is 0.0166 e. The molecule has 0 amide bonds. The van der Waals surface area contributed by atoms with E-state index in [-0.39, 0.29) is 0 Å². The first-order valence-electron chi connectivity index (χ1n) is 15.8. The lowest BCUT2D eigenvalue weighted by Gasteiger charge is -2.04. The molecule has 0 aromatic rings. The molecule has 0 aromatic heterocycles. The Morgan fingerprint density at radius 3 is 0.939 bits per heavy atom. The fourth-order valence-corrected chi connectivity index (χ4v) is 5.66. The van der Waals surface area contributed by atoms with Crippen molar-refractivity contribution in [2.45, 2.75) is 194 Å². The van der Waals surface area contributed by atoms with Gasteiger partial charge in [0.15, 0.2) is 0 Å². The largest absolute Gasteiger partial charge is 0.157 e. The Hall–Kier alpha value is 0.350. The van der Waals surface area contributed by atoms with Gasteiger partial charge in [-0.2, -0.15) is 11.8 Å². The zero-order chi connectivity index (χ0) is 23.9. The molecule has 0 rings (SSSR count). The molecule has 0 nitrogen and oxygen atoms in total. The van der Waals surface area contributed by atoms with E-state index in [2.05, 4.69) is 31.4 Å². The van der Waals surface area contributed by atoms with Gasteiger partial charge in [-0.15, -0.1) is 0 Å². The average molecular weight is 482 g/mol. The summed E-state index contributed by atoms with van der Waals surface area (Å²) in [6.45, 7) is 4.60. The molecule has 0 saturated heterocycles. The molecule has 199 valence electrons. The van der Waals surface area contributed by atoms with Crippen LogP contribution in [0.4, 0.5) is 0 Å². The van der Waals surface area contributed by atoms with Crippen LogP contribution in [-0.2, 0) is 0 Å². The van der Waals surface area contributed by atoms with E-state index in [9.17, 15) is 0 Å². The Bertz CT molecular complexity index is 284. The molecular weight excluding hydrogens is 416 g/mol. The van der Waals surface area contributed by atoms with E-state index in [0.717, 1.165) is 0 Å². The van der Waals surface area contributed by atoms with Crippen LogP contribution in [0, 0.1) is 5.75 Å². The lowest BCUT2D eigenvalue weighted by Crippen LogP contribution is -1.85. The molecule has 0 fully saturated rings. The summed E-state index contributed by atoms with van der Waals surface area (Å²) in [7, 11) is 0. The van der Waals surface area contributed by atoms with E-state index in [4.69, 9.17) is 0 Å². The minimum Gasteiger partial charge on any atom is -0.157 e. The number of thioether (sulfide) groups is 1. The third-order valence-electron chi connectivity index (χ3n) is 7.16. The number of rotatable bonds is 30. The molecule has 1 heteroatoms. The van der Waals surface area contributed by atoms with Crippen LogP contribution in [0.1, 0.15) is 194 Å². The molecule has 0 heterocycles. The van der Waals surface area contributed by atoms with Crippen LogP contribution >= 0.6 is 11.8 Å². The molecule has 0 bridgehead atoms. The van der Waals surface area contributed by atoms with Gasteiger partial charge in [-0.25, -0.2) is 0 Å². The Labute approximate surface area is 216 Å². The number of hydrogen-bond donors (Lipinski definition) is 0. The molecule has 0 aliphatic carbocycles. The first-order chi connectivity index (χ1) is 16.4. The van der Waals surface area contributed by atoms with E-state index in [1.807, 2.05) is 0 Å². The van der Waals surface area contributed by atoms with Crippen LogP contribution in [0.15, 0.2) is 0 Å². The summed E-state index contributed by atoms with van der Waals surface area (Å²) < 4.78 is 0. The van der Waals surface area contributed by atoms with Crippen molar-refractivity contribution in [1.82, 2.24) is 0 Å². The molecular formula is C32H65S. The minimum atomic E-state index is 1.33. The second-order valence-electron chi connectivity index (χ2n) is 10.7. The SMILES string of the molecule is CCCCCCCCCCCCCCCCCCCCCCC[CH]SCCCCCCCC. The van der Waals surface area contributed by atoms with Crippen molar-refractivity contribution < 1.29 is 0 Å². The summed E-state index contributed by atoms with van der Waals surface area (Å²) in [5.41, 5.74) is 0. The first-order valence-corrected chi connectivity index (χ1v) is 16.9. The van der Waals surface area contributed by atoms with Crippen LogP contribution in [0.2, 0.25) is 0 Å². The normalized spacial score (nSPS) is 11.5. The van der Waals surface area contributed by atoms with Crippen molar-refractivity contribution in [2.24, 2.45) is 0 Å². The third kappa shape index (κ3) is 32.4. The van der Waals surface area contributed by atoms with E-state index in [0.29, 0.717) is 0 Å². The standard InChI is InChI=1S/C32H65S/c1-3-5-7-9-11-12-13-14-15-16-17-18-19-20-21-22-23-24-25-26-28-30-32-33-31-29-27-10-8-6-4-2/h32H,3-31H2,1-2H3. The fraction of sp³-hybridized carbons (Fsp3) is 0.969. The van der Waals surface area contributed by atoms with Crippen LogP contribution in [0.25, 0.3) is 0 Å². The summed E-state index contributed by atoms with van der Waals surface area (Å²) >= 11 is 2.08. The highest BCUT2D eigenvalue weighted by atomic mass is 32.2. The zero-order valence-corrected chi connectivity index (χ0v) is 24.3. The van der Waals surface area contributed by atoms with Crippen molar-refractivity contribution >= 4 is 11.8 Å². The maximum atomic E-state index is 2.49. The van der Waals surface area contributed by atoms with E-state index < -0.39 is 0 Å². The van der Waals surface area contributed by atoms with Gasteiger partial charge in [0.25, 0.3) is 0 Å². The maximum absolute atomic E-state index is 2.49. The Balaban J connectivity index is 2.99. The Kier molecular flexibility index (Phi) is 32.7. The van der Waals surface area contributed by atoms with E-state index >= 15 is 0 Å². The van der Waals surface area contributed by atoms with Gasteiger partial charge in [-0.05, 0) is 18.6 Å². The van der Waals surface area contributed by atoms with Gasteiger partial charge in [0, 0.05) is 5.75 Å². The molecule has 0 N–H and O–H groups in total. The highest BCUT2D eigenvalue weighted by Gasteiger charge is 1.97. The summed E-state index contributed by atoms with van der Waals surface area (Å²) in [4.78, 5) is 0. The number of hydrogen-bond acceptors (Lipinski definition) is 1. The van der Waals surface area contributed by atoms with Gasteiger partial charge >= 0.3 is 0 Å². The van der Waals surface area contributed by atoms with E-state index in [1.54, 1.807) is 0 Å². The molecule has 0 atom stereocenters. The minimum absolute atomic E-state index is 1.33. The highest BCUT2D eigenvalue weighted by molar-refractivity contribution is 8.01. The quantitative estimate of drug-likeness (QED) is 0.0919. The van der Waals surface area contributed by atoms with Crippen molar-refractivity contribution in [2.75, 3.05) is 5.75 Å². The van der Waals surface area contributed by atoms with Crippen LogP contribution in [0.5, 0.6) is 0 Å². The van der Waals surface area contributed by atoms with Gasteiger partial charge in [0.05, 0.1) is 0 Å². The van der Waals surface area contributed by atoms with Gasteiger partial charge in [-0.1, -0.05) is 181 Å². The van der Waals surface area contributed by atoms with Crippen molar-refractivity contribution in [1.29, 1.82) is 0 Å². The zero-order valence-electron chi connectivity index (χ0n) is 23.5. The predicted molar refractivity (Wildman–Crippen MR) is 157 cm³/mol. The molecule has 1 radical (unpaired) electrons. The van der Waals surface area contributed by atoms with Crippen molar-refractivity contribution in [3.8, 4) is 0 Å². The molecule has 0 aliphatic rings. The third-order valence-corrected chi connectivity index (χ3v) is 8.15. The summed E-state index contributed by atoms with van der Waals surface area (Å²) in [6.07, 6.45) is 40.8. The maximum Gasteiger partial charge on any atom is 0.0166 e. The Morgan fingerprint density at radius 1 is 0.333 bits per heavy atom. The lowest BCUT2D eigenvalue weighted by atomic mass is 10.0. The lowest BCUT2D eigenvalue weighted by molar-refractivity contribution is 0.520. The predicted octanol–water partition coefficient (Wildman–Crippen LogP) is 12.8. The topological polar surface area (TPSA) is 0 Å². The monoisotopic (exact) mass is 481 g/mol. The highest BCUT2D eigenvalue weighted by Crippen LogP contribution is 2.18. The fourth-order valence-electron chi connectivity index (χ4n) is 4.79. The van der Waals surface area contributed by atoms with Crippen molar-refractivity contribution in [3.63, 3.8) is 0 Å². The van der Waals surface area contributed by atoms with Crippen LogP contribution < -0.4 is 0 Å². The van der Waals surface area contributed by atoms with Gasteiger partial charge in [0.1, 0.15) is 0 Å². The van der Waals surface area contributed by atoms with E-state index in [1.165, 1.54) is 186 Å². The molecule has 0 aliphatic heterocycles. The second-order valence-corrected chi connectivity index (χ2v) is 11.7. The van der Waals surface area contributed by atoms with Crippen LogP contribution in [0.3, 0.4) is 0 Å². The summed E-state index contributed by atoms with van der Waals surface area (Å²) in [5, 5.41) is 0. The average Bonchev–Trinajstić information content (AvgIpc) is 2.83. The summed E-state index contributed by atoms with van der Waals surface area (Å²) in [6, 6.07) is 0. The first kappa shape index (κ1) is 33.4. The van der Waals surface area contributed by atoms with Crippen LogP contribution in [-0.4, -0.2) is 5.75 Å². The molecule has 33 heavy (non-hydrogen) atoms.